The summed E-state index contributed by atoms with van der Waals surface area (Å²) >= 11 is 0. The molecule has 0 aliphatic carbocycles. The molecule has 1 aliphatic heterocycles. The van der Waals surface area contributed by atoms with Crippen LogP contribution in [0.15, 0.2) is 23.2 Å². The maximum absolute atomic E-state index is 13.7. The molecular formula is C14H21F2IN4. The van der Waals surface area contributed by atoms with Crippen molar-refractivity contribution in [3.63, 3.8) is 0 Å². The summed E-state index contributed by atoms with van der Waals surface area (Å²) in [5.41, 5.74) is 0.0650. The largest absolute Gasteiger partial charge is 0.365 e. The zero-order valence-corrected chi connectivity index (χ0v) is 14.5. The third-order valence-electron chi connectivity index (χ3n) is 3.35. The van der Waals surface area contributed by atoms with Gasteiger partial charge in [0.1, 0.15) is 17.3 Å². The zero-order valence-electron chi connectivity index (χ0n) is 12.2. The van der Waals surface area contributed by atoms with Gasteiger partial charge in [0.2, 0.25) is 0 Å². The molecule has 4 nitrogen and oxygen atoms in total. The lowest BCUT2D eigenvalue weighted by molar-refractivity contribution is 0.576. The minimum atomic E-state index is -0.512. The van der Waals surface area contributed by atoms with Gasteiger partial charge in [-0.15, -0.1) is 24.0 Å². The zero-order chi connectivity index (χ0) is 14.5. The summed E-state index contributed by atoms with van der Waals surface area (Å²) in [5, 5.41) is 6.37. The van der Waals surface area contributed by atoms with Gasteiger partial charge in [0, 0.05) is 32.7 Å². The molecule has 1 unspecified atom stereocenters. The van der Waals surface area contributed by atoms with E-state index in [1.165, 1.54) is 18.2 Å². The quantitative estimate of drug-likeness (QED) is 0.457. The Morgan fingerprint density at radius 3 is 2.62 bits per heavy atom. The van der Waals surface area contributed by atoms with Crippen molar-refractivity contribution in [3.8, 4) is 0 Å². The Labute approximate surface area is 141 Å². The van der Waals surface area contributed by atoms with Crippen molar-refractivity contribution in [1.29, 1.82) is 0 Å². The molecule has 1 heterocycles. The summed E-state index contributed by atoms with van der Waals surface area (Å²) < 4.78 is 27.5. The first-order chi connectivity index (χ1) is 9.65. The number of hydrogen-bond donors (Lipinski definition) is 2. The SMILES string of the molecule is CCNC(=NC)NC1CCN(c2c(F)cccc2F)C1.I. The van der Waals surface area contributed by atoms with Crippen LogP contribution in [-0.4, -0.2) is 38.7 Å². The van der Waals surface area contributed by atoms with Crippen molar-refractivity contribution in [2.75, 3.05) is 31.6 Å². The smallest absolute Gasteiger partial charge is 0.191 e. The maximum atomic E-state index is 13.7. The fourth-order valence-corrected chi connectivity index (χ4v) is 2.43. The van der Waals surface area contributed by atoms with E-state index < -0.39 is 11.6 Å². The first-order valence-electron chi connectivity index (χ1n) is 6.81. The van der Waals surface area contributed by atoms with Crippen LogP contribution < -0.4 is 15.5 Å². The van der Waals surface area contributed by atoms with Crippen LogP contribution in [0.3, 0.4) is 0 Å². The first kappa shape index (κ1) is 17.9. The summed E-state index contributed by atoms with van der Waals surface area (Å²) in [6.07, 6.45) is 0.818. The summed E-state index contributed by atoms with van der Waals surface area (Å²) in [6.45, 7) is 3.95. The second kappa shape index (κ2) is 8.35. The van der Waals surface area contributed by atoms with Crippen LogP contribution in [0.5, 0.6) is 0 Å². The van der Waals surface area contributed by atoms with E-state index in [4.69, 9.17) is 0 Å². The third kappa shape index (κ3) is 4.42. The minimum absolute atomic E-state index is 0. The van der Waals surface area contributed by atoms with Crippen molar-refractivity contribution in [2.45, 2.75) is 19.4 Å². The molecule has 2 N–H and O–H groups in total. The molecule has 0 spiro atoms. The average Bonchev–Trinajstić information content (AvgIpc) is 2.86. The van der Waals surface area contributed by atoms with Crippen molar-refractivity contribution in [1.82, 2.24) is 10.6 Å². The van der Waals surface area contributed by atoms with E-state index in [2.05, 4.69) is 15.6 Å². The number of halogens is 3. The number of guanidine groups is 1. The van der Waals surface area contributed by atoms with Gasteiger partial charge in [0.05, 0.1) is 0 Å². The van der Waals surface area contributed by atoms with E-state index in [0.717, 1.165) is 13.0 Å². The molecule has 1 atom stereocenters. The van der Waals surface area contributed by atoms with Crippen LogP contribution in [0, 0.1) is 11.6 Å². The van der Waals surface area contributed by atoms with E-state index in [1.54, 1.807) is 11.9 Å². The van der Waals surface area contributed by atoms with Gasteiger partial charge in [-0.2, -0.15) is 0 Å². The lowest BCUT2D eigenvalue weighted by Gasteiger charge is -2.21. The van der Waals surface area contributed by atoms with Gasteiger partial charge in [-0.25, -0.2) is 8.78 Å². The Bertz CT molecular complexity index is 476. The maximum Gasteiger partial charge on any atom is 0.191 e. The van der Waals surface area contributed by atoms with Gasteiger partial charge < -0.3 is 15.5 Å². The Kier molecular flexibility index (Phi) is 7.13. The summed E-state index contributed by atoms with van der Waals surface area (Å²) in [4.78, 5) is 5.84. The second-order valence-corrected chi connectivity index (χ2v) is 4.75. The van der Waals surface area contributed by atoms with Crippen molar-refractivity contribution >= 4 is 35.6 Å². The van der Waals surface area contributed by atoms with Crippen molar-refractivity contribution < 1.29 is 8.78 Å². The first-order valence-corrected chi connectivity index (χ1v) is 6.81. The molecule has 1 saturated heterocycles. The van der Waals surface area contributed by atoms with Gasteiger partial charge >= 0.3 is 0 Å². The second-order valence-electron chi connectivity index (χ2n) is 4.75. The number of benzene rings is 1. The molecular weight excluding hydrogens is 389 g/mol. The van der Waals surface area contributed by atoms with Crippen LogP contribution in [0.2, 0.25) is 0 Å². The average molecular weight is 410 g/mol. The Morgan fingerprint density at radius 1 is 1.38 bits per heavy atom. The van der Waals surface area contributed by atoms with Gasteiger partial charge in [-0.3, -0.25) is 4.99 Å². The molecule has 0 bridgehead atoms. The molecule has 7 heteroatoms. The third-order valence-corrected chi connectivity index (χ3v) is 3.35. The number of aliphatic imine (C=N–C) groups is 1. The molecule has 2 rings (SSSR count). The molecule has 1 fully saturated rings. The van der Waals surface area contributed by atoms with E-state index in [1.807, 2.05) is 6.92 Å². The van der Waals surface area contributed by atoms with Gasteiger partial charge in [-0.1, -0.05) is 6.07 Å². The highest BCUT2D eigenvalue weighted by Gasteiger charge is 2.27. The van der Waals surface area contributed by atoms with Crippen LogP contribution in [0.4, 0.5) is 14.5 Å². The fourth-order valence-electron chi connectivity index (χ4n) is 2.43. The standard InChI is InChI=1S/C14H20F2N4.HI/c1-3-18-14(17-2)19-10-7-8-20(9-10)13-11(15)5-4-6-12(13)16;/h4-6,10H,3,7-9H2,1-2H3,(H2,17,18,19);1H. The van der Waals surface area contributed by atoms with Crippen LogP contribution >= 0.6 is 24.0 Å². The predicted molar refractivity (Wildman–Crippen MR) is 92.6 cm³/mol. The van der Waals surface area contributed by atoms with Gasteiger partial charge in [0.25, 0.3) is 0 Å². The molecule has 0 aromatic heterocycles. The lowest BCUT2D eigenvalue weighted by atomic mass is 10.2. The summed E-state index contributed by atoms with van der Waals surface area (Å²) in [6, 6.07) is 4.09. The Balaban J connectivity index is 0.00000220. The minimum Gasteiger partial charge on any atom is -0.365 e. The highest BCUT2D eigenvalue weighted by molar-refractivity contribution is 14.0. The van der Waals surface area contributed by atoms with Crippen LogP contribution in [-0.2, 0) is 0 Å². The number of rotatable bonds is 3. The molecule has 21 heavy (non-hydrogen) atoms. The van der Waals surface area contributed by atoms with Crippen LogP contribution in [0.25, 0.3) is 0 Å². The molecule has 1 aliphatic rings. The number of nitrogens with zero attached hydrogens (tertiary/aromatic N) is 2. The Morgan fingerprint density at radius 2 is 2.05 bits per heavy atom. The number of nitrogens with one attached hydrogen (secondary N) is 2. The molecule has 1 aromatic rings. The van der Waals surface area contributed by atoms with Gasteiger partial charge in [-0.05, 0) is 25.5 Å². The molecule has 0 radical (unpaired) electrons. The van der Waals surface area contributed by atoms with E-state index in [0.29, 0.717) is 19.0 Å². The number of hydrogen-bond acceptors (Lipinski definition) is 2. The summed E-state index contributed by atoms with van der Waals surface area (Å²) in [5.74, 6) is -0.309. The van der Waals surface area contributed by atoms with E-state index in [9.17, 15) is 8.78 Å². The highest BCUT2D eigenvalue weighted by atomic mass is 127. The monoisotopic (exact) mass is 410 g/mol. The normalized spacial score (nSPS) is 18.4. The molecule has 1 aromatic carbocycles. The van der Waals surface area contributed by atoms with Crippen molar-refractivity contribution in [2.24, 2.45) is 4.99 Å². The number of anilines is 1. The van der Waals surface area contributed by atoms with Gasteiger partial charge in [0.15, 0.2) is 5.96 Å². The Hall–Kier alpha value is -1.12. The fraction of sp³-hybridized carbons (Fsp3) is 0.500. The van der Waals surface area contributed by atoms with Crippen molar-refractivity contribution in [3.05, 3.63) is 29.8 Å². The van der Waals surface area contributed by atoms with E-state index in [-0.39, 0.29) is 35.7 Å². The predicted octanol–water partition coefficient (Wildman–Crippen LogP) is 2.35. The molecule has 118 valence electrons. The summed E-state index contributed by atoms with van der Waals surface area (Å²) in [7, 11) is 1.70. The number of para-hydroxylation sites is 1. The van der Waals surface area contributed by atoms with Crippen LogP contribution in [0.1, 0.15) is 13.3 Å². The molecule has 0 saturated carbocycles. The lowest BCUT2D eigenvalue weighted by Crippen LogP contribution is -2.44. The van der Waals surface area contributed by atoms with E-state index >= 15 is 0 Å². The topological polar surface area (TPSA) is 39.7 Å². The highest BCUT2D eigenvalue weighted by Crippen LogP contribution is 2.26. The molecule has 0 amide bonds.